The number of likely N-dealkylation sites (tertiary alicyclic amines) is 1. The Morgan fingerprint density at radius 3 is 2.75 bits per heavy atom. The first kappa shape index (κ1) is 22.4. The normalized spacial score (nSPS) is 18.7. The van der Waals surface area contributed by atoms with Gasteiger partial charge in [0.25, 0.3) is 5.91 Å². The average molecular weight is 454 g/mol. The number of esters is 1. The van der Waals surface area contributed by atoms with Gasteiger partial charge >= 0.3 is 5.97 Å². The third-order valence-corrected chi connectivity index (χ3v) is 6.45. The number of hydrogen-bond acceptors (Lipinski definition) is 4. The highest BCUT2D eigenvalue weighted by atomic mass is 35.5. The molecule has 1 fully saturated rings. The zero-order chi connectivity index (χ0) is 22.7. The third kappa shape index (κ3) is 4.81. The molecular weight excluding hydrogens is 426 g/mol. The number of benzene rings is 2. The van der Waals surface area contributed by atoms with Gasteiger partial charge in [0.1, 0.15) is 11.7 Å². The number of hydrogen-bond donors (Lipinski definition) is 2. The Morgan fingerprint density at radius 1 is 1.22 bits per heavy atom. The molecule has 6 nitrogen and oxygen atoms in total. The summed E-state index contributed by atoms with van der Waals surface area (Å²) in [7, 11) is 1.41. The van der Waals surface area contributed by atoms with Crippen LogP contribution in [0.15, 0.2) is 48.5 Å². The van der Waals surface area contributed by atoms with E-state index in [0.717, 1.165) is 35.9 Å². The largest absolute Gasteiger partial charge is 0.468 e. The smallest absolute Gasteiger partial charge is 0.323 e. The summed E-state index contributed by atoms with van der Waals surface area (Å²) in [6, 6.07) is 15.4. The lowest BCUT2D eigenvalue weighted by Crippen LogP contribution is -2.39. The molecule has 0 bridgehead atoms. The summed E-state index contributed by atoms with van der Waals surface area (Å²) in [6.07, 6.45) is 2.41. The fraction of sp³-hybridized carbons (Fsp3) is 0.360. The number of nitrogens with one attached hydrogen (secondary N) is 2. The van der Waals surface area contributed by atoms with E-state index in [1.54, 1.807) is 6.07 Å². The topological polar surface area (TPSA) is 74.4 Å². The van der Waals surface area contributed by atoms with Crippen LogP contribution in [0.1, 0.15) is 34.5 Å². The zero-order valence-corrected chi connectivity index (χ0v) is 19.1. The number of halogens is 1. The van der Waals surface area contributed by atoms with Crippen molar-refractivity contribution in [3.63, 3.8) is 0 Å². The lowest BCUT2D eigenvalue weighted by molar-refractivity contribution is -0.145. The molecule has 1 aromatic heterocycles. The summed E-state index contributed by atoms with van der Waals surface area (Å²) < 4.78 is 5.03. The van der Waals surface area contributed by atoms with E-state index in [4.69, 9.17) is 16.3 Å². The Labute approximate surface area is 192 Å². The van der Waals surface area contributed by atoms with E-state index >= 15 is 0 Å². The molecule has 0 radical (unpaired) electrons. The van der Waals surface area contributed by atoms with Crippen LogP contribution in [-0.4, -0.2) is 54.0 Å². The molecule has 2 heterocycles. The van der Waals surface area contributed by atoms with E-state index in [9.17, 15) is 9.59 Å². The molecule has 3 aromatic rings. The second kappa shape index (κ2) is 9.76. The minimum absolute atomic E-state index is 0.127. The highest BCUT2D eigenvalue weighted by Gasteiger charge is 2.38. The molecule has 2 atom stereocenters. The molecule has 1 saturated heterocycles. The molecule has 0 unspecified atom stereocenters. The molecule has 7 heteroatoms. The number of carbonyl (C=O) groups excluding carboxylic acids is 2. The fourth-order valence-electron chi connectivity index (χ4n) is 4.55. The van der Waals surface area contributed by atoms with E-state index < -0.39 is 0 Å². The minimum Gasteiger partial charge on any atom is -0.468 e. The minimum atomic E-state index is -0.344. The summed E-state index contributed by atoms with van der Waals surface area (Å²) in [4.78, 5) is 30.7. The number of aromatic nitrogens is 1. The summed E-state index contributed by atoms with van der Waals surface area (Å²) in [5, 5.41) is 4.67. The van der Waals surface area contributed by atoms with Crippen LogP contribution in [0, 0.1) is 6.92 Å². The number of methoxy groups -OCH3 is 1. The van der Waals surface area contributed by atoms with Gasteiger partial charge in [0.15, 0.2) is 0 Å². The Balaban J connectivity index is 1.41. The summed E-state index contributed by atoms with van der Waals surface area (Å²) in [6.45, 7) is 3.29. The molecule has 32 heavy (non-hydrogen) atoms. The maximum absolute atomic E-state index is 13.0. The Kier molecular flexibility index (Phi) is 6.82. The van der Waals surface area contributed by atoms with Crippen LogP contribution in [0.4, 0.5) is 0 Å². The average Bonchev–Trinajstić information content (AvgIpc) is 3.34. The Morgan fingerprint density at radius 2 is 2.00 bits per heavy atom. The standard InChI is InChI=1S/C25H28ClN3O3/c1-16-20-13-18(26)10-11-21(20)28-23(16)24(30)27-19-14-22(25(31)32-2)29(15-19)12-6-9-17-7-4-3-5-8-17/h3-5,7-8,10-11,13,19,22,28H,6,9,12,14-15H2,1-2H3,(H,27,30)/t19-,22+/m1/s1. The zero-order valence-electron chi connectivity index (χ0n) is 18.4. The first-order chi connectivity index (χ1) is 15.5. The predicted molar refractivity (Wildman–Crippen MR) is 126 cm³/mol. The molecule has 1 aliphatic rings. The van der Waals surface area contributed by atoms with Gasteiger partial charge in [-0.15, -0.1) is 0 Å². The monoisotopic (exact) mass is 453 g/mol. The van der Waals surface area contributed by atoms with Crippen molar-refractivity contribution in [1.29, 1.82) is 0 Å². The molecule has 0 spiro atoms. The van der Waals surface area contributed by atoms with Gasteiger partial charge in [-0.3, -0.25) is 14.5 Å². The number of carbonyl (C=O) groups is 2. The van der Waals surface area contributed by atoms with Crippen molar-refractivity contribution in [3.05, 3.63) is 70.4 Å². The van der Waals surface area contributed by atoms with Crippen LogP contribution >= 0.6 is 11.6 Å². The number of ether oxygens (including phenoxy) is 1. The van der Waals surface area contributed by atoms with E-state index in [1.807, 2.05) is 37.3 Å². The van der Waals surface area contributed by atoms with Gasteiger partial charge in [-0.1, -0.05) is 41.9 Å². The fourth-order valence-corrected chi connectivity index (χ4v) is 4.72. The van der Waals surface area contributed by atoms with E-state index in [2.05, 4.69) is 27.3 Å². The van der Waals surface area contributed by atoms with Crippen LogP contribution < -0.4 is 5.32 Å². The first-order valence-corrected chi connectivity index (χ1v) is 11.3. The van der Waals surface area contributed by atoms with Crippen molar-refractivity contribution < 1.29 is 14.3 Å². The molecule has 1 aliphatic heterocycles. The first-order valence-electron chi connectivity index (χ1n) is 10.9. The Bertz CT molecular complexity index is 1110. The van der Waals surface area contributed by atoms with Gasteiger partial charge < -0.3 is 15.0 Å². The van der Waals surface area contributed by atoms with Gasteiger partial charge in [-0.2, -0.15) is 0 Å². The van der Waals surface area contributed by atoms with Crippen molar-refractivity contribution in [1.82, 2.24) is 15.2 Å². The number of aromatic amines is 1. The molecule has 168 valence electrons. The SMILES string of the molecule is COC(=O)[C@@H]1C[C@@H](NC(=O)c2[nH]c3ccc(Cl)cc3c2C)CN1CCCc1ccccc1. The number of rotatable bonds is 7. The van der Waals surface area contributed by atoms with Crippen molar-refractivity contribution in [2.24, 2.45) is 0 Å². The van der Waals surface area contributed by atoms with Gasteiger partial charge in [-0.25, -0.2) is 0 Å². The van der Waals surface area contributed by atoms with Gasteiger partial charge in [0.2, 0.25) is 0 Å². The lowest BCUT2D eigenvalue weighted by Gasteiger charge is -2.22. The van der Waals surface area contributed by atoms with Crippen LogP contribution in [-0.2, 0) is 16.0 Å². The molecular formula is C25H28ClN3O3. The van der Waals surface area contributed by atoms with E-state index in [-0.39, 0.29) is 24.0 Å². The van der Waals surface area contributed by atoms with Crippen LogP contribution in [0.2, 0.25) is 5.02 Å². The number of fused-ring (bicyclic) bond motifs is 1. The number of nitrogens with zero attached hydrogens (tertiary/aromatic N) is 1. The molecule has 2 N–H and O–H groups in total. The van der Waals surface area contributed by atoms with E-state index in [0.29, 0.717) is 23.7 Å². The second-order valence-electron chi connectivity index (χ2n) is 8.34. The molecule has 2 aromatic carbocycles. The number of H-pyrrole nitrogens is 1. The number of aryl methyl sites for hydroxylation is 2. The summed E-state index contributed by atoms with van der Waals surface area (Å²) in [5.74, 6) is -0.424. The van der Waals surface area contributed by atoms with Crippen LogP contribution in [0.3, 0.4) is 0 Å². The molecule has 1 amide bonds. The molecule has 4 rings (SSSR count). The summed E-state index contributed by atoms with van der Waals surface area (Å²) >= 11 is 6.11. The maximum Gasteiger partial charge on any atom is 0.323 e. The van der Waals surface area contributed by atoms with Crippen LogP contribution in [0.25, 0.3) is 10.9 Å². The van der Waals surface area contributed by atoms with Crippen molar-refractivity contribution >= 4 is 34.4 Å². The van der Waals surface area contributed by atoms with Crippen molar-refractivity contribution in [3.8, 4) is 0 Å². The van der Waals surface area contributed by atoms with Gasteiger partial charge in [0, 0.05) is 28.5 Å². The predicted octanol–water partition coefficient (Wildman–Crippen LogP) is 4.11. The van der Waals surface area contributed by atoms with Crippen molar-refractivity contribution in [2.45, 2.75) is 38.3 Å². The van der Waals surface area contributed by atoms with Gasteiger partial charge in [-0.05, 0) is 62.1 Å². The second-order valence-corrected chi connectivity index (χ2v) is 8.78. The van der Waals surface area contributed by atoms with Crippen molar-refractivity contribution in [2.75, 3.05) is 20.2 Å². The maximum atomic E-state index is 13.0. The highest BCUT2D eigenvalue weighted by molar-refractivity contribution is 6.31. The van der Waals surface area contributed by atoms with Crippen LogP contribution in [0.5, 0.6) is 0 Å². The highest BCUT2D eigenvalue weighted by Crippen LogP contribution is 2.26. The lowest BCUT2D eigenvalue weighted by atomic mass is 10.1. The van der Waals surface area contributed by atoms with Gasteiger partial charge in [0.05, 0.1) is 7.11 Å². The quantitative estimate of drug-likeness (QED) is 0.528. The Hall–Kier alpha value is -2.83. The number of amides is 1. The third-order valence-electron chi connectivity index (χ3n) is 6.21. The summed E-state index contributed by atoms with van der Waals surface area (Å²) in [5.41, 5.74) is 3.54. The molecule has 0 aliphatic carbocycles. The van der Waals surface area contributed by atoms with E-state index in [1.165, 1.54) is 12.7 Å². The molecule has 0 saturated carbocycles.